The average molecular weight is 331 g/mol. The predicted octanol–water partition coefficient (Wildman–Crippen LogP) is 4.13. The molecular weight excluding hydrogens is 314 g/mol. The van der Waals surface area contributed by atoms with Gasteiger partial charge in [0.05, 0.1) is 22.9 Å². The summed E-state index contributed by atoms with van der Waals surface area (Å²) in [4.78, 5) is 18.4. The maximum atomic E-state index is 10.6. The fourth-order valence-electron chi connectivity index (χ4n) is 2.59. The average Bonchev–Trinajstić information content (AvgIpc) is 3.03. The molecule has 0 aliphatic carbocycles. The Hall–Kier alpha value is -3.39. The van der Waals surface area contributed by atoms with Crippen LogP contribution in [0.2, 0.25) is 0 Å². The minimum atomic E-state index is -0.976. The van der Waals surface area contributed by atoms with Crippen LogP contribution in [-0.2, 0) is 10.2 Å². The number of carbonyl (C=O) groups is 1. The fourth-order valence-corrected chi connectivity index (χ4v) is 2.59. The molecular formula is C20H17N3O2. The second-order valence-electron chi connectivity index (χ2n) is 6.37. The number of nitriles is 1. The number of carboxylic acids is 1. The van der Waals surface area contributed by atoms with E-state index in [-0.39, 0.29) is 0 Å². The molecule has 0 spiro atoms. The van der Waals surface area contributed by atoms with Gasteiger partial charge in [-0.25, -0.2) is 4.79 Å². The molecule has 0 saturated carbocycles. The summed E-state index contributed by atoms with van der Waals surface area (Å²) < 4.78 is 0. The number of aliphatic carboxylic acids is 1. The lowest BCUT2D eigenvalue weighted by Gasteiger charge is -2.15. The van der Waals surface area contributed by atoms with Crippen molar-refractivity contribution in [1.29, 1.82) is 5.26 Å². The first kappa shape index (κ1) is 16.5. The second kappa shape index (κ2) is 6.25. The molecule has 0 atom stereocenters. The highest BCUT2D eigenvalue weighted by Gasteiger charge is 2.20. The molecule has 5 heteroatoms. The molecule has 0 saturated heterocycles. The van der Waals surface area contributed by atoms with Crippen LogP contribution < -0.4 is 0 Å². The summed E-state index contributed by atoms with van der Waals surface area (Å²) in [6, 6.07) is 13.7. The van der Waals surface area contributed by atoms with Crippen LogP contribution in [0.15, 0.2) is 48.7 Å². The number of pyridine rings is 1. The number of aromatic amines is 1. The maximum absolute atomic E-state index is 10.6. The zero-order chi connectivity index (χ0) is 18.0. The van der Waals surface area contributed by atoms with Crippen molar-refractivity contribution in [3.05, 3.63) is 59.8 Å². The number of carboxylic acid groups (broad SMARTS) is 1. The lowest BCUT2D eigenvalue weighted by Crippen LogP contribution is -2.13. The largest absolute Gasteiger partial charge is 0.478 e. The van der Waals surface area contributed by atoms with Crippen LogP contribution >= 0.6 is 0 Å². The van der Waals surface area contributed by atoms with E-state index in [4.69, 9.17) is 5.11 Å². The third-order valence-corrected chi connectivity index (χ3v) is 4.10. The molecule has 25 heavy (non-hydrogen) atoms. The van der Waals surface area contributed by atoms with Crippen molar-refractivity contribution in [3.8, 4) is 17.5 Å². The molecule has 0 radical (unpaired) electrons. The van der Waals surface area contributed by atoms with Gasteiger partial charge in [0.25, 0.3) is 0 Å². The van der Waals surface area contributed by atoms with Crippen LogP contribution in [0.25, 0.3) is 28.4 Å². The van der Waals surface area contributed by atoms with Crippen LogP contribution in [-0.4, -0.2) is 21.0 Å². The Labute approximate surface area is 145 Å². The van der Waals surface area contributed by atoms with Gasteiger partial charge in [-0.15, -0.1) is 0 Å². The number of hydrogen-bond donors (Lipinski definition) is 2. The number of benzene rings is 1. The van der Waals surface area contributed by atoms with Gasteiger partial charge >= 0.3 is 5.97 Å². The molecule has 0 aliphatic rings. The predicted molar refractivity (Wildman–Crippen MR) is 96.8 cm³/mol. The van der Waals surface area contributed by atoms with E-state index in [9.17, 15) is 10.1 Å². The van der Waals surface area contributed by atoms with Gasteiger partial charge in [0.1, 0.15) is 0 Å². The second-order valence-corrected chi connectivity index (χ2v) is 6.37. The fraction of sp³-hybridized carbons (Fsp3) is 0.150. The van der Waals surface area contributed by atoms with E-state index < -0.39 is 11.4 Å². The molecule has 3 rings (SSSR count). The molecule has 0 bridgehead atoms. The van der Waals surface area contributed by atoms with Gasteiger partial charge < -0.3 is 10.1 Å². The molecule has 0 aliphatic heterocycles. The monoisotopic (exact) mass is 331 g/mol. The van der Waals surface area contributed by atoms with Gasteiger partial charge in [-0.2, -0.15) is 5.26 Å². The zero-order valence-electron chi connectivity index (χ0n) is 13.9. The number of rotatable bonds is 4. The van der Waals surface area contributed by atoms with E-state index >= 15 is 0 Å². The summed E-state index contributed by atoms with van der Waals surface area (Å²) in [5.74, 6) is -0.976. The number of nitrogens with zero attached hydrogens (tertiary/aromatic N) is 2. The van der Waals surface area contributed by atoms with Crippen molar-refractivity contribution < 1.29 is 9.90 Å². The van der Waals surface area contributed by atoms with Crippen LogP contribution in [0, 0.1) is 11.3 Å². The zero-order valence-corrected chi connectivity index (χ0v) is 13.9. The van der Waals surface area contributed by atoms with E-state index in [1.165, 1.54) is 0 Å². The molecule has 2 aromatic heterocycles. The lowest BCUT2D eigenvalue weighted by molar-refractivity contribution is -0.131. The molecule has 2 N–H and O–H groups in total. The number of aromatic nitrogens is 2. The van der Waals surface area contributed by atoms with E-state index in [1.807, 2.05) is 50.2 Å². The van der Waals surface area contributed by atoms with E-state index in [1.54, 1.807) is 12.3 Å². The number of H-pyrrole nitrogens is 1. The molecule has 1 aromatic carbocycles. The Morgan fingerprint density at radius 1 is 1.28 bits per heavy atom. The van der Waals surface area contributed by atoms with Gasteiger partial charge in [0.2, 0.25) is 0 Å². The lowest BCUT2D eigenvalue weighted by atomic mass is 9.86. The van der Waals surface area contributed by atoms with Crippen molar-refractivity contribution in [2.24, 2.45) is 0 Å². The third-order valence-electron chi connectivity index (χ3n) is 4.10. The van der Waals surface area contributed by atoms with E-state index in [0.29, 0.717) is 0 Å². The first-order valence-corrected chi connectivity index (χ1v) is 7.81. The summed E-state index contributed by atoms with van der Waals surface area (Å²) in [6.45, 7) is 3.75. The first-order valence-electron chi connectivity index (χ1n) is 7.81. The Bertz CT molecular complexity index is 1020. The van der Waals surface area contributed by atoms with Crippen molar-refractivity contribution in [3.63, 3.8) is 0 Å². The summed E-state index contributed by atoms with van der Waals surface area (Å²) in [5, 5.41) is 19.0. The van der Waals surface area contributed by atoms with E-state index in [2.05, 4.69) is 16.0 Å². The summed E-state index contributed by atoms with van der Waals surface area (Å²) >= 11 is 0. The number of nitrogens with one attached hydrogen (secondary N) is 1. The summed E-state index contributed by atoms with van der Waals surface area (Å²) in [6.07, 6.45) is 4.38. The molecule has 5 nitrogen and oxygen atoms in total. The van der Waals surface area contributed by atoms with Crippen molar-refractivity contribution in [2.45, 2.75) is 19.3 Å². The standard InChI is InChI=1S/C20H17N3O2/c1-20(2,12-21)15-7-8-22-17(11-15)18-10-14-9-13(4-6-19(24)25)3-5-16(14)23-18/h3-11,23H,1-2H3,(H,24,25)/b6-4+. The summed E-state index contributed by atoms with van der Waals surface area (Å²) in [5.41, 5.74) is 3.69. The Morgan fingerprint density at radius 2 is 2.08 bits per heavy atom. The molecule has 0 fully saturated rings. The van der Waals surface area contributed by atoms with Gasteiger partial charge in [0.15, 0.2) is 0 Å². The Morgan fingerprint density at radius 3 is 2.80 bits per heavy atom. The highest BCUT2D eigenvalue weighted by molar-refractivity contribution is 5.89. The highest BCUT2D eigenvalue weighted by atomic mass is 16.4. The van der Waals surface area contributed by atoms with Gasteiger partial charge in [0, 0.05) is 23.2 Å². The normalized spacial score (nSPS) is 11.7. The quantitative estimate of drug-likeness (QED) is 0.703. The smallest absolute Gasteiger partial charge is 0.328 e. The van der Waals surface area contributed by atoms with Crippen LogP contribution in [0.4, 0.5) is 0 Å². The first-order chi connectivity index (χ1) is 11.9. The summed E-state index contributed by atoms with van der Waals surface area (Å²) in [7, 11) is 0. The third kappa shape index (κ3) is 3.43. The van der Waals surface area contributed by atoms with Crippen molar-refractivity contribution >= 4 is 22.9 Å². The Kier molecular flexibility index (Phi) is 4.12. The topological polar surface area (TPSA) is 89.8 Å². The van der Waals surface area contributed by atoms with Crippen LogP contribution in [0.3, 0.4) is 0 Å². The van der Waals surface area contributed by atoms with Crippen molar-refractivity contribution in [1.82, 2.24) is 9.97 Å². The highest BCUT2D eigenvalue weighted by Crippen LogP contribution is 2.28. The maximum Gasteiger partial charge on any atom is 0.328 e. The molecule has 3 aromatic rings. The van der Waals surface area contributed by atoms with Crippen molar-refractivity contribution in [2.75, 3.05) is 0 Å². The SMILES string of the molecule is CC(C)(C#N)c1ccnc(-c2cc3cc(/C=C/C(=O)O)ccc3[nH]2)c1. The minimum absolute atomic E-state index is 0.585. The molecule has 0 amide bonds. The molecule has 0 unspecified atom stereocenters. The molecule has 2 heterocycles. The number of hydrogen-bond acceptors (Lipinski definition) is 3. The Balaban J connectivity index is 2.01. The van der Waals surface area contributed by atoms with Crippen LogP contribution in [0.1, 0.15) is 25.0 Å². The van der Waals surface area contributed by atoms with Gasteiger partial charge in [-0.05, 0) is 61.4 Å². The molecule has 124 valence electrons. The van der Waals surface area contributed by atoms with Gasteiger partial charge in [-0.1, -0.05) is 6.07 Å². The van der Waals surface area contributed by atoms with Crippen LogP contribution in [0.5, 0.6) is 0 Å². The number of fused-ring (bicyclic) bond motifs is 1. The van der Waals surface area contributed by atoms with E-state index in [0.717, 1.165) is 39.5 Å². The minimum Gasteiger partial charge on any atom is -0.478 e. The van der Waals surface area contributed by atoms with Gasteiger partial charge in [-0.3, -0.25) is 4.98 Å².